The second-order valence-corrected chi connectivity index (χ2v) is 4.95. The molecular weight excluding hydrogens is 332 g/mol. The molecule has 0 aliphatic heterocycles. The van der Waals surface area contributed by atoms with Gasteiger partial charge in [0.15, 0.2) is 0 Å². The number of amides is 1. The maximum atomic E-state index is 12.1. The minimum atomic E-state index is -1.11. The van der Waals surface area contributed by atoms with Crippen molar-refractivity contribution in [1.82, 2.24) is 4.98 Å². The Labute approximate surface area is 142 Å². The van der Waals surface area contributed by atoms with Crippen LogP contribution in [0.25, 0.3) is 0 Å². The Balaban J connectivity index is 2.11. The fourth-order valence-electron chi connectivity index (χ4n) is 1.71. The molecule has 0 aliphatic carbocycles. The average molecular weight is 343 g/mol. The van der Waals surface area contributed by atoms with Crippen molar-refractivity contribution in [3.05, 3.63) is 65.0 Å². The molecule has 0 radical (unpaired) electrons. The molecule has 0 atom stereocenters. The van der Waals surface area contributed by atoms with Gasteiger partial charge in [0.05, 0.1) is 5.56 Å². The fraction of sp³-hybridized carbons (Fsp3) is 0. The van der Waals surface area contributed by atoms with E-state index in [-0.39, 0.29) is 16.8 Å². The first kappa shape index (κ1) is 17.0. The zero-order valence-electron chi connectivity index (χ0n) is 12.2. The number of hydrogen-bond donors (Lipinski definition) is 3. The van der Waals surface area contributed by atoms with Gasteiger partial charge in [-0.05, 0) is 30.3 Å². The number of nitrogens with zero attached hydrogens (tertiary/aromatic N) is 2. The number of hydrogen-bond acceptors (Lipinski definition) is 5. The van der Waals surface area contributed by atoms with E-state index in [0.717, 1.165) is 0 Å². The third-order valence-corrected chi connectivity index (χ3v) is 3.05. The number of carbonyl (C=O) groups excluding carboxylic acids is 1. The highest BCUT2D eigenvalue weighted by atomic mass is 35.5. The molecule has 0 spiro atoms. The van der Waals surface area contributed by atoms with Crippen molar-refractivity contribution < 1.29 is 14.7 Å². The molecule has 2 aromatic rings. The number of aromatic carboxylic acids is 1. The molecule has 0 aliphatic rings. The van der Waals surface area contributed by atoms with E-state index in [1.54, 1.807) is 12.1 Å². The number of anilines is 2. The van der Waals surface area contributed by atoms with Crippen LogP contribution in [0.5, 0.6) is 0 Å². The Bertz CT molecular complexity index is 858. The van der Waals surface area contributed by atoms with Crippen molar-refractivity contribution in [3.63, 3.8) is 0 Å². The molecule has 1 amide bonds. The van der Waals surface area contributed by atoms with E-state index in [2.05, 4.69) is 15.6 Å². The van der Waals surface area contributed by atoms with Gasteiger partial charge in [0.25, 0.3) is 5.91 Å². The Morgan fingerprint density at radius 2 is 2.08 bits per heavy atom. The number of carboxylic acids is 1. The van der Waals surface area contributed by atoms with Crippen LogP contribution in [0.2, 0.25) is 5.02 Å². The Morgan fingerprint density at radius 3 is 2.75 bits per heavy atom. The molecule has 0 bridgehead atoms. The van der Waals surface area contributed by atoms with E-state index in [9.17, 15) is 9.59 Å². The third-order valence-electron chi connectivity index (χ3n) is 2.82. The first-order chi connectivity index (χ1) is 11.5. The summed E-state index contributed by atoms with van der Waals surface area (Å²) in [5.74, 6) is -1.43. The van der Waals surface area contributed by atoms with E-state index in [0.29, 0.717) is 10.8 Å². The molecular formula is C16H11ClN4O3. The molecule has 120 valence electrons. The lowest BCUT2D eigenvalue weighted by Gasteiger charge is -2.06. The maximum absolute atomic E-state index is 12.1. The summed E-state index contributed by atoms with van der Waals surface area (Å²) in [4.78, 5) is 27.0. The number of carbonyl (C=O) groups is 2. The van der Waals surface area contributed by atoms with Crippen molar-refractivity contribution in [1.29, 1.82) is 5.26 Å². The van der Waals surface area contributed by atoms with Gasteiger partial charge in [-0.15, -0.1) is 0 Å². The van der Waals surface area contributed by atoms with E-state index in [4.69, 9.17) is 22.0 Å². The van der Waals surface area contributed by atoms with Crippen LogP contribution in [0.15, 0.2) is 54.4 Å². The number of nitriles is 1. The van der Waals surface area contributed by atoms with E-state index in [1.807, 2.05) is 0 Å². The van der Waals surface area contributed by atoms with Crippen LogP contribution in [0.3, 0.4) is 0 Å². The second kappa shape index (κ2) is 7.76. The van der Waals surface area contributed by atoms with Gasteiger partial charge in [0, 0.05) is 23.1 Å². The van der Waals surface area contributed by atoms with Crippen LogP contribution >= 0.6 is 11.6 Å². The summed E-state index contributed by atoms with van der Waals surface area (Å²) in [5.41, 5.74) is 0.0796. The summed E-state index contributed by atoms with van der Waals surface area (Å²) in [6.07, 6.45) is 2.66. The van der Waals surface area contributed by atoms with Gasteiger partial charge in [-0.3, -0.25) is 4.79 Å². The van der Waals surface area contributed by atoms with Crippen LogP contribution in [-0.2, 0) is 4.79 Å². The molecule has 1 aromatic carbocycles. The normalized spacial score (nSPS) is 10.6. The Kier molecular flexibility index (Phi) is 5.49. The topological polar surface area (TPSA) is 115 Å². The van der Waals surface area contributed by atoms with Crippen molar-refractivity contribution in [2.45, 2.75) is 0 Å². The highest BCUT2D eigenvalue weighted by Crippen LogP contribution is 2.14. The van der Waals surface area contributed by atoms with E-state index in [1.165, 1.54) is 42.7 Å². The summed E-state index contributed by atoms with van der Waals surface area (Å²) < 4.78 is 0. The molecule has 24 heavy (non-hydrogen) atoms. The first-order valence-electron chi connectivity index (χ1n) is 6.62. The summed E-state index contributed by atoms with van der Waals surface area (Å²) in [6, 6.07) is 10.6. The number of rotatable bonds is 5. The molecule has 2 rings (SSSR count). The smallest absolute Gasteiger partial charge is 0.335 e. The van der Waals surface area contributed by atoms with E-state index < -0.39 is 11.9 Å². The van der Waals surface area contributed by atoms with Gasteiger partial charge in [-0.2, -0.15) is 5.26 Å². The zero-order chi connectivity index (χ0) is 17.5. The highest BCUT2D eigenvalue weighted by molar-refractivity contribution is 6.30. The predicted molar refractivity (Wildman–Crippen MR) is 88.6 cm³/mol. The fourth-order valence-corrected chi connectivity index (χ4v) is 1.87. The van der Waals surface area contributed by atoms with Crippen LogP contribution in [0.1, 0.15) is 10.4 Å². The minimum Gasteiger partial charge on any atom is -0.478 e. The van der Waals surface area contributed by atoms with Gasteiger partial charge in [-0.25, -0.2) is 9.78 Å². The lowest BCUT2D eigenvalue weighted by Crippen LogP contribution is -2.15. The molecule has 1 heterocycles. The molecule has 0 unspecified atom stereocenters. The second-order valence-electron chi connectivity index (χ2n) is 4.51. The monoisotopic (exact) mass is 342 g/mol. The average Bonchev–Trinajstić information content (AvgIpc) is 2.55. The molecule has 0 fully saturated rings. The largest absolute Gasteiger partial charge is 0.478 e. The lowest BCUT2D eigenvalue weighted by atomic mass is 10.2. The van der Waals surface area contributed by atoms with E-state index >= 15 is 0 Å². The number of aromatic nitrogens is 1. The molecule has 1 aromatic heterocycles. The Morgan fingerprint density at radius 1 is 1.29 bits per heavy atom. The van der Waals surface area contributed by atoms with Crippen LogP contribution in [0, 0.1) is 11.3 Å². The third kappa shape index (κ3) is 4.56. The lowest BCUT2D eigenvalue weighted by molar-refractivity contribution is -0.112. The predicted octanol–water partition coefficient (Wildman–Crippen LogP) is 2.89. The van der Waals surface area contributed by atoms with Crippen molar-refractivity contribution in [2.24, 2.45) is 0 Å². The zero-order valence-corrected chi connectivity index (χ0v) is 12.9. The van der Waals surface area contributed by atoms with Gasteiger partial charge < -0.3 is 15.7 Å². The SMILES string of the molecule is N#C/C(=C/Nc1cc(Cl)ccn1)C(=O)Nc1cccc(C(=O)O)c1. The number of halogens is 1. The molecule has 3 N–H and O–H groups in total. The van der Waals surface area contributed by atoms with Crippen LogP contribution < -0.4 is 10.6 Å². The Hall–Kier alpha value is -3.37. The van der Waals surface area contributed by atoms with Gasteiger partial charge in [0.2, 0.25) is 0 Å². The highest BCUT2D eigenvalue weighted by Gasteiger charge is 2.11. The van der Waals surface area contributed by atoms with Crippen LogP contribution in [0.4, 0.5) is 11.5 Å². The summed E-state index contributed by atoms with van der Waals surface area (Å²) in [5, 5.41) is 23.6. The summed E-state index contributed by atoms with van der Waals surface area (Å²) in [7, 11) is 0. The number of pyridine rings is 1. The van der Waals surface area contributed by atoms with Crippen molar-refractivity contribution in [3.8, 4) is 6.07 Å². The number of benzene rings is 1. The molecule has 0 saturated carbocycles. The van der Waals surface area contributed by atoms with Gasteiger partial charge in [0.1, 0.15) is 17.5 Å². The van der Waals surface area contributed by atoms with Gasteiger partial charge in [-0.1, -0.05) is 17.7 Å². The minimum absolute atomic E-state index is 0.0246. The molecule has 7 nitrogen and oxygen atoms in total. The number of carboxylic acid groups (broad SMARTS) is 1. The quantitative estimate of drug-likeness (QED) is 0.568. The first-order valence-corrected chi connectivity index (χ1v) is 7.00. The maximum Gasteiger partial charge on any atom is 0.335 e. The van der Waals surface area contributed by atoms with Gasteiger partial charge >= 0.3 is 5.97 Å². The summed E-state index contributed by atoms with van der Waals surface area (Å²) in [6.45, 7) is 0. The molecule has 0 saturated heterocycles. The van der Waals surface area contributed by atoms with Crippen LogP contribution in [-0.4, -0.2) is 22.0 Å². The van der Waals surface area contributed by atoms with Crippen molar-refractivity contribution in [2.75, 3.05) is 10.6 Å². The summed E-state index contributed by atoms with van der Waals surface area (Å²) >= 11 is 5.81. The number of nitrogens with one attached hydrogen (secondary N) is 2. The van der Waals surface area contributed by atoms with Crippen molar-refractivity contribution >= 4 is 35.0 Å². The standard InChI is InChI=1S/C16H11ClN4O3/c17-12-4-5-19-14(7-12)20-9-11(8-18)15(22)21-13-3-1-2-10(6-13)16(23)24/h1-7,9H,(H,19,20)(H,21,22)(H,23,24)/b11-9-. The molecule has 8 heteroatoms.